The van der Waals surface area contributed by atoms with Crippen LogP contribution in [-0.2, 0) is 14.3 Å². The van der Waals surface area contributed by atoms with Crippen molar-refractivity contribution < 1.29 is 14.3 Å². The molecule has 0 radical (unpaired) electrons. The van der Waals surface area contributed by atoms with Gasteiger partial charge in [0.15, 0.2) is 0 Å². The standard InChI is InChI=1S/C20H33NO3/c1-2-6-19(22)21-12-5-9-17(14-21)20(23)24-18-11-10-15-7-3-4-8-16(15)13-18/h15-18H,2-14H2,1H3/t15-,16+,17-,18+/m0/s1. The Morgan fingerprint density at radius 3 is 2.58 bits per heavy atom. The van der Waals surface area contributed by atoms with E-state index >= 15 is 0 Å². The van der Waals surface area contributed by atoms with Crippen molar-refractivity contribution in [2.75, 3.05) is 13.1 Å². The number of fused-ring (bicyclic) bond motifs is 1. The molecule has 0 aromatic heterocycles. The number of hydrogen-bond donors (Lipinski definition) is 0. The molecule has 24 heavy (non-hydrogen) atoms. The van der Waals surface area contributed by atoms with Gasteiger partial charge in [0.25, 0.3) is 0 Å². The molecule has 136 valence electrons. The summed E-state index contributed by atoms with van der Waals surface area (Å²) in [6, 6.07) is 0. The zero-order valence-corrected chi connectivity index (χ0v) is 15.2. The van der Waals surface area contributed by atoms with E-state index in [0.29, 0.717) is 13.0 Å². The van der Waals surface area contributed by atoms with E-state index in [4.69, 9.17) is 4.74 Å². The van der Waals surface area contributed by atoms with E-state index in [-0.39, 0.29) is 23.9 Å². The summed E-state index contributed by atoms with van der Waals surface area (Å²) >= 11 is 0. The van der Waals surface area contributed by atoms with Crippen molar-refractivity contribution in [2.45, 2.75) is 83.7 Å². The van der Waals surface area contributed by atoms with Crippen molar-refractivity contribution in [1.29, 1.82) is 0 Å². The summed E-state index contributed by atoms with van der Waals surface area (Å²) in [5, 5.41) is 0. The molecule has 0 N–H and O–H groups in total. The molecule has 1 amide bonds. The number of carbonyl (C=O) groups is 2. The first-order valence-corrected chi connectivity index (χ1v) is 10.2. The van der Waals surface area contributed by atoms with Gasteiger partial charge in [0.2, 0.25) is 5.91 Å². The van der Waals surface area contributed by atoms with Crippen LogP contribution in [0.1, 0.15) is 77.6 Å². The van der Waals surface area contributed by atoms with Gasteiger partial charge < -0.3 is 9.64 Å². The monoisotopic (exact) mass is 335 g/mol. The SMILES string of the molecule is CCCC(=O)N1CCC[C@H](C(=O)O[C@@H]2CC[C@@H]3CCCC[C@@H]3C2)C1. The number of hydrogen-bond acceptors (Lipinski definition) is 3. The maximum Gasteiger partial charge on any atom is 0.311 e. The molecule has 3 aliphatic rings. The first-order chi connectivity index (χ1) is 11.7. The maximum atomic E-state index is 12.6. The Balaban J connectivity index is 1.48. The first kappa shape index (κ1) is 17.8. The average Bonchev–Trinajstić information content (AvgIpc) is 2.62. The zero-order valence-electron chi connectivity index (χ0n) is 15.2. The third kappa shape index (κ3) is 4.31. The predicted molar refractivity (Wildman–Crippen MR) is 93.4 cm³/mol. The number of rotatable bonds is 4. The van der Waals surface area contributed by atoms with Crippen LogP contribution in [0.4, 0.5) is 0 Å². The van der Waals surface area contributed by atoms with E-state index in [9.17, 15) is 9.59 Å². The van der Waals surface area contributed by atoms with Crippen LogP contribution in [0.2, 0.25) is 0 Å². The van der Waals surface area contributed by atoms with Crippen molar-refractivity contribution in [3.8, 4) is 0 Å². The highest BCUT2D eigenvalue weighted by Crippen LogP contribution is 2.41. The fraction of sp³-hybridized carbons (Fsp3) is 0.900. The lowest BCUT2D eigenvalue weighted by Gasteiger charge is -2.39. The molecular formula is C20H33NO3. The molecule has 3 rings (SSSR count). The molecule has 3 fully saturated rings. The lowest BCUT2D eigenvalue weighted by Crippen LogP contribution is -2.43. The number of ether oxygens (including phenoxy) is 1. The average molecular weight is 335 g/mol. The second kappa shape index (κ2) is 8.35. The van der Waals surface area contributed by atoms with Gasteiger partial charge in [-0.25, -0.2) is 0 Å². The number of piperidine rings is 1. The lowest BCUT2D eigenvalue weighted by atomic mass is 9.70. The van der Waals surface area contributed by atoms with Crippen LogP contribution in [0.15, 0.2) is 0 Å². The van der Waals surface area contributed by atoms with Gasteiger partial charge in [0.05, 0.1) is 5.92 Å². The quantitative estimate of drug-likeness (QED) is 0.731. The Bertz CT molecular complexity index is 450. The summed E-state index contributed by atoms with van der Waals surface area (Å²) in [5.41, 5.74) is 0. The van der Waals surface area contributed by atoms with Crippen LogP contribution >= 0.6 is 0 Å². The fourth-order valence-corrected chi connectivity index (χ4v) is 4.97. The van der Waals surface area contributed by atoms with Crippen molar-refractivity contribution in [1.82, 2.24) is 4.90 Å². The number of nitrogens with zero attached hydrogens (tertiary/aromatic N) is 1. The van der Waals surface area contributed by atoms with Crippen molar-refractivity contribution >= 4 is 11.9 Å². The first-order valence-electron chi connectivity index (χ1n) is 10.2. The largest absolute Gasteiger partial charge is 0.462 e. The van der Waals surface area contributed by atoms with Gasteiger partial charge in [-0.05, 0) is 50.4 Å². The molecule has 0 spiro atoms. The second-order valence-corrected chi connectivity index (χ2v) is 8.11. The van der Waals surface area contributed by atoms with Gasteiger partial charge in [-0.1, -0.05) is 32.6 Å². The topological polar surface area (TPSA) is 46.6 Å². The highest BCUT2D eigenvalue weighted by Gasteiger charge is 2.36. The summed E-state index contributed by atoms with van der Waals surface area (Å²) in [4.78, 5) is 26.6. The van der Waals surface area contributed by atoms with Crippen LogP contribution in [0.25, 0.3) is 0 Å². The van der Waals surface area contributed by atoms with Crippen LogP contribution in [0.3, 0.4) is 0 Å². The van der Waals surface area contributed by atoms with Crippen LogP contribution < -0.4 is 0 Å². The number of likely N-dealkylation sites (tertiary alicyclic amines) is 1. The van der Waals surface area contributed by atoms with E-state index in [1.807, 2.05) is 11.8 Å². The second-order valence-electron chi connectivity index (χ2n) is 8.11. The number of esters is 1. The highest BCUT2D eigenvalue weighted by atomic mass is 16.5. The Morgan fingerprint density at radius 2 is 1.79 bits per heavy atom. The van der Waals surface area contributed by atoms with E-state index in [0.717, 1.165) is 50.5 Å². The summed E-state index contributed by atoms with van der Waals surface area (Å²) in [6.45, 7) is 3.39. The fourth-order valence-electron chi connectivity index (χ4n) is 4.97. The lowest BCUT2D eigenvalue weighted by molar-refractivity contribution is -0.160. The van der Waals surface area contributed by atoms with Gasteiger partial charge in [-0.2, -0.15) is 0 Å². The molecule has 2 aliphatic carbocycles. The zero-order chi connectivity index (χ0) is 16.9. The van der Waals surface area contributed by atoms with Gasteiger partial charge in [-0.15, -0.1) is 0 Å². The minimum absolute atomic E-state index is 0.0525. The van der Waals surface area contributed by atoms with Crippen LogP contribution in [0.5, 0.6) is 0 Å². The molecule has 1 heterocycles. The van der Waals surface area contributed by atoms with Crippen molar-refractivity contribution in [3.63, 3.8) is 0 Å². The Morgan fingerprint density at radius 1 is 1.00 bits per heavy atom. The van der Waals surface area contributed by atoms with Gasteiger partial charge in [0.1, 0.15) is 6.10 Å². The van der Waals surface area contributed by atoms with Crippen molar-refractivity contribution in [3.05, 3.63) is 0 Å². The molecule has 0 unspecified atom stereocenters. The van der Waals surface area contributed by atoms with Gasteiger partial charge in [-0.3, -0.25) is 9.59 Å². The molecular weight excluding hydrogens is 302 g/mol. The number of carbonyl (C=O) groups excluding carboxylic acids is 2. The molecule has 0 aromatic carbocycles. The maximum absolute atomic E-state index is 12.6. The summed E-state index contributed by atoms with van der Waals surface area (Å²) in [5.74, 6) is 1.69. The van der Waals surface area contributed by atoms with E-state index in [2.05, 4.69) is 0 Å². The molecule has 0 bridgehead atoms. The minimum atomic E-state index is -0.108. The third-order valence-corrected chi connectivity index (χ3v) is 6.35. The van der Waals surface area contributed by atoms with Crippen LogP contribution in [0, 0.1) is 17.8 Å². The summed E-state index contributed by atoms with van der Waals surface area (Å²) < 4.78 is 5.89. The number of amides is 1. The predicted octanol–water partition coefficient (Wildman–Crippen LogP) is 3.93. The van der Waals surface area contributed by atoms with E-state index < -0.39 is 0 Å². The van der Waals surface area contributed by atoms with Crippen molar-refractivity contribution in [2.24, 2.45) is 17.8 Å². The Labute approximate surface area is 146 Å². The Hall–Kier alpha value is -1.06. The molecule has 0 aromatic rings. The van der Waals surface area contributed by atoms with E-state index in [1.165, 1.54) is 32.1 Å². The normalized spacial score (nSPS) is 33.6. The molecule has 4 atom stereocenters. The smallest absolute Gasteiger partial charge is 0.311 e. The molecule has 2 saturated carbocycles. The summed E-state index contributed by atoms with van der Waals surface area (Å²) in [6.07, 6.45) is 12.1. The Kier molecular flexibility index (Phi) is 6.18. The molecule has 1 aliphatic heterocycles. The van der Waals surface area contributed by atoms with Crippen LogP contribution in [-0.4, -0.2) is 36.0 Å². The minimum Gasteiger partial charge on any atom is -0.462 e. The molecule has 4 heteroatoms. The molecule has 4 nitrogen and oxygen atoms in total. The molecule has 1 saturated heterocycles. The third-order valence-electron chi connectivity index (χ3n) is 6.35. The van der Waals surface area contributed by atoms with E-state index in [1.54, 1.807) is 0 Å². The van der Waals surface area contributed by atoms with Gasteiger partial charge >= 0.3 is 5.97 Å². The highest BCUT2D eigenvalue weighted by molar-refractivity contribution is 5.78. The summed E-state index contributed by atoms with van der Waals surface area (Å²) in [7, 11) is 0. The van der Waals surface area contributed by atoms with Gasteiger partial charge in [0, 0.05) is 19.5 Å².